The zero-order valence-corrected chi connectivity index (χ0v) is 13.2. The average Bonchev–Trinajstić information content (AvgIpc) is 2.31. The van der Waals surface area contributed by atoms with Crippen molar-refractivity contribution in [3.8, 4) is 0 Å². The van der Waals surface area contributed by atoms with Gasteiger partial charge in [-0.15, -0.1) is 0 Å². The summed E-state index contributed by atoms with van der Waals surface area (Å²) in [7, 11) is 0. The van der Waals surface area contributed by atoms with Gasteiger partial charge in [-0.3, -0.25) is 4.79 Å². The number of benzene rings is 1. The number of amides is 1. The van der Waals surface area contributed by atoms with Gasteiger partial charge in [-0.2, -0.15) is 0 Å². The Bertz CT molecular complexity index is 553. The molecule has 4 heteroatoms. The number of Topliss-reactive ketones (excluding diaryl/α,β-unsaturated/α-hetero) is 1. The van der Waals surface area contributed by atoms with E-state index in [-0.39, 0.29) is 5.78 Å². The smallest absolute Gasteiger partial charge is 0.408 e. The molecule has 0 aliphatic heterocycles. The molecule has 0 aromatic heterocycles. The number of hydrogen-bond donors (Lipinski definition) is 1. The molecule has 1 fully saturated rings. The molecule has 0 unspecified atom stereocenters. The lowest BCUT2D eigenvalue weighted by molar-refractivity contribution is 0.0375. The molecule has 0 bridgehead atoms. The van der Waals surface area contributed by atoms with Crippen molar-refractivity contribution in [2.75, 3.05) is 0 Å². The fourth-order valence-electron chi connectivity index (χ4n) is 2.70. The number of ether oxygens (including phenoxy) is 1. The van der Waals surface area contributed by atoms with Gasteiger partial charge in [-0.25, -0.2) is 4.79 Å². The Morgan fingerprint density at radius 1 is 1.19 bits per heavy atom. The van der Waals surface area contributed by atoms with Gasteiger partial charge < -0.3 is 10.1 Å². The van der Waals surface area contributed by atoms with E-state index in [9.17, 15) is 9.59 Å². The number of hydrogen-bond acceptors (Lipinski definition) is 3. The standard InChI is InChI=1S/C17H23NO3/c1-12(19)13-8-5-6-9-14(13)17(10-7-11-17)18-15(20)21-16(2,3)4/h5-6,8-9H,7,10-11H2,1-4H3,(H,18,20). The van der Waals surface area contributed by atoms with E-state index in [1.165, 1.54) is 0 Å². The molecule has 21 heavy (non-hydrogen) atoms. The van der Waals surface area contributed by atoms with Crippen molar-refractivity contribution in [1.82, 2.24) is 5.32 Å². The maximum absolute atomic E-state index is 12.1. The Balaban J connectivity index is 2.27. The highest BCUT2D eigenvalue weighted by molar-refractivity contribution is 5.96. The van der Waals surface area contributed by atoms with Gasteiger partial charge in [0, 0.05) is 5.56 Å². The molecule has 1 N–H and O–H groups in total. The number of carbonyl (C=O) groups excluding carboxylic acids is 2. The fraction of sp³-hybridized carbons (Fsp3) is 0.529. The number of carbonyl (C=O) groups is 2. The SMILES string of the molecule is CC(=O)c1ccccc1C1(NC(=O)OC(C)(C)C)CCC1. The molecule has 0 atom stereocenters. The van der Waals surface area contributed by atoms with Gasteiger partial charge in [0.2, 0.25) is 0 Å². The minimum atomic E-state index is -0.533. The van der Waals surface area contributed by atoms with Crippen molar-refractivity contribution in [2.45, 2.75) is 58.1 Å². The van der Waals surface area contributed by atoms with Gasteiger partial charge in [0.15, 0.2) is 5.78 Å². The summed E-state index contributed by atoms with van der Waals surface area (Å²) < 4.78 is 5.36. The lowest BCUT2D eigenvalue weighted by Crippen LogP contribution is -2.52. The van der Waals surface area contributed by atoms with Crippen LogP contribution < -0.4 is 5.32 Å². The molecule has 1 amide bonds. The van der Waals surface area contributed by atoms with Crippen LogP contribution in [0.2, 0.25) is 0 Å². The first-order valence-electron chi connectivity index (χ1n) is 7.35. The number of ketones is 1. The van der Waals surface area contributed by atoms with E-state index in [0.29, 0.717) is 5.56 Å². The predicted molar refractivity (Wildman–Crippen MR) is 81.3 cm³/mol. The third-order valence-corrected chi connectivity index (χ3v) is 3.77. The summed E-state index contributed by atoms with van der Waals surface area (Å²) in [5.41, 5.74) is 0.572. The first kappa shape index (κ1) is 15.5. The van der Waals surface area contributed by atoms with Crippen molar-refractivity contribution in [2.24, 2.45) is 0 Å². The van der Waals surface area contributed by atoms with Crippen LogP contribution in [-0.2, 0) is 10.3 Å². The number of alkyl carbamates (subject to hydrolysis) is 1. The summed E-state index contributed by atoms with van der Waals surface area (Å²) in [5, 5.41) is 2.98. The maximum Gasteiger partial charge on any atom is 0.408 e. The van der Waals surface area contributed by atoms with Gasteiger partial charge >= 0.3 is 6.09 Å². The molecule has 0 saturated heterocycles. The van der Waals surface area contributed by atoms with Crippen LogP contribution in [0.4, 0.5) is 4.79 Å². The Labute approximate surface area is 125 Å². The topological polar surface area (TPSA) is 55.4 Å². The van der Waals surface area contributed by atoms with E-state index in [1.54, 1.807) is 6.92 Å². The highest BCUT2D eigenvalue weighted by Crippen LogP contribution is 2.43. The molecule has 1 aliphatic rings. The fourth-order valence-corrected chi connectivity index (χ4v) is 2.70. The molecule has 0 spiro atoms. The van der Waals surface area contributed by atoms with Gasteiger partial charge in [0.1, 0.15) is 5.60 Å². The van der Waals surface area contributed by atoms with Crippen molar-refractivity contribution in [1.29, 1.82) is 0 Å². The molecule has 0 heterocycles. The van der Waals surface area contributed by atoms with Crippen LogP contribution in [0.5, 0.6) is 0 Å². The summed E-state index contributed by atoms with van der Waals surface area (Å²) in [6.45, 7) is 7.06. The zero-order valence-electron chi connectivity index (χ0n) is 13.2. The van der Waals surface area contributed by atoms with Crippen molar-refractivity contribution >= 4 is 11.9 Å². The minimum Gasteiger partial charge on any atom is -0.444 e. The molecule has 4 nitrogen and oxygen atoms in total. The molecular formula is C17H23NO3. The van der Waals surface area contributed by atoms with E-state index < -0.39 is 17.2 Å². The van der Waals surface area contributed by atoms with Gasteiger partial charge in [-0.05, 0) is 52.5 Å². The van der Waals surface area contributed by atoms with Crippen LogP contribution in [0.3, 0.4) is 0 Å². The summed E-state index contributed by atoms with van der Waals surface area (Å²) in [5.74, 6) is 0.0165. The summed E-state index contributed by atoms with van der Waals surface area (Å²) >= 11 is 0. The van der Waals surface area contributed by atoms with Gasteiger partial charge in [-0.1, -0.05) is 24.3 Å². The second kappa shape index (κ2) is 5.51. The Morgan fingerprint density at radius 2 is 1.81 bits per heavy atom. The molecule has 1 aliphatic carbocycles. The molecule has 114 valence electrons. The van der Waals surface area contributed by atoms with Gasteiger partial charge in [0.05, 0.1) is 5.54 Å². The van der Waals surface area contributed by atoms with Crippen molar-refractivity contribution in [3.05, 3.63) is 35.4 Å². The van der Waals surface area contributed by atoms with Crippen LogP contribution in [0.15, 0.2) is 24.3 Å². The number of nitrogens with one attached hydrogen (secondary N) is 1. The monoisotopic (exact) mass is 289 g/mol. The molecular weight excluding hydrogens is 266 g/mol. The van der Waals surface area contributed by atoms with Gasteiger partial charge in [0.25, 0.3) is 0 Å². The summed E-state index contributed by atoms with van der Waals surface area (Å²) in [6.07, 6.45) is 2.26. The van der Waals surface area contributed by atoms with Crippen LogP contribution in [0.1, 0.15) is 62.9 Å². The summed E-state index contributed by atoms with van der Waals surface area (Å²) in [6, 6.07) is 7.49. The summed E-state index contributed by atoms with van der Waals surface area (Å²) in [4.78, 5) is 23.9. The Hall–Kier alpha value is -1.84. The van der Waals surface area contributed by atoms with E-state index in [4.69, 9.17) is 4.74 Å². The van der Waals surface area contributed by atoms with Crippen LogP contribution in [0.25, 0.3) is 0 Å². The van der Waals surface area contributed by atoms with E-state index in [2.05, 4.69) is 5.32 Å². The quantitative estimate of drug-likeness (QED) is 0.861. The first-order valence-corrected chi connectivity index (χ1v) is 7.35. The Morgan fingerprint density at radius 3 is 2.29 bits per heavy atom. The van der Waals surface area contributed by atoms with Crippen LogP contribution >= 0.6 is 0 Å². The van der Waals surface area contributed by atoms with E-state index in [0.717, 1.165) is 24.8 Å². The Kier molecular flexibility index (Phi) is 4.08. The average molecular weight is 289 g/mol. The maximum atomic E-state index is 12.1. The molecule has 2 rings (SSSR count). The zero-order chi connectivity index (χ0) is 15.7. The lowest BCUT2D eigenvalue weighted by Gasteiger charge is -2.43. The normalized spacial score (nSPS) is 16.8. The largest absolute Gasteiger partial charge is 0.444 e. The van der Waals surface area contributed by atoms with Crippen molar-refractivity contribution in [3.63, 3.8) is 0 Å². The minimum absolute atomic E-state index is 0.0165. The van der Waals surface area contributed by atoms with Crippen LogP contribution in [0, 0.1) is 0 Å². The molecule has 1 aromatic rings. The lowest BCUT2D eigenvalue weighted by atomic mass is 9.70. The van der Waals surface area contributed by atoms with Crippen LogP contribution in [-0.4, -0.2) is 17.5 Å². The first-order chi connectivity index (χ1) is 9.73. The van der Waals surface area contributed by atoms with E-state index >= 15 is 0 Å². The predicted octanol–water partition coefficient (Wildman–Crippen LogP) is 3.79. The third-order valence-electron chi connectivity index (χ3n) is 3.77. The second-order valence-corrected chi connectivity index (χ2v) is 6.66. The molecule has 0 radical (unpaired) electrons. The second-order valence-electron chi connectivity index (χ2n) is 6.66. The third kappa shape index (κ3) is 3.43. The van der Waals surface area contributed by atoms with E-state index in [1.807, 2.05) is 45.0 Å². The highest BCUT2D eigenvalue weighted by Gasteiger charge is 2.42. The molecule has 1 saturated carbocycles. The number of rotatable bonds is 3. The van der Waals surface area contributed by atoms with Crippen molar-refractivity contribution < 1.29 is 14.3 Å². The highest BCUT2D eigenvalue weighted by atomic mass is 16.6. The molecule has 1 aromatic carbocycles.